The first-order chi connectivity index (χ1) is 13.0. The minimum absolute atomic E-state index is 0.187. The molecule has 0 atom stereocenters. The molecule has 0 fully saturated rings. The molecule has 3 aromatic rings. The average molecular weight is 405 g/mol. The molecule has 2 amide bonds. The summed E-state index contributed by atoms with van der Waals surface area (Å²) in [7, 11) is 1.44. The topological polar surface area (TPSA) is 80.6 Å². The van der Waals surface area contributed by atoms with Gasteiger partial charge in [0.05, 0.1) is 23.4 Å². The lowest BCUT2D eigenvalue weighted by atomic mass is 10.2. The van der Waals surface area contributed by atoms with Gasteiger partial charge in [0.1, 0.15) is 0 Å². The van der Waals surface area contributed by atoms with Crippen molar-refractivity contribution in [2.24, 2.45) is 0 Å². The number of hydrogen-bond acceptors (Lipinski definition) is 4. The molecule has 8 heteroatoms. The SMILES string of the molecule is COc1c(Cl)cc(C(=O)Nc2cccc(NC(=O)c3ccco3)c2)cc1Cl. The Labute approximate surface area is 165 Å². The fourth-order valence-electron chi connectivity index (χ4n) is 2.36. The molecule has 1 heterocycles. The molecule has 0 aliphatic carbocycles. The second kappa shape index (κ2) is 8.16. The number of amides is 2. The highest BCUT2D eigenvalue weighted by molar-refractivity contribution is 6.37. The Kier molecular flexibility index (Phi) is 5.69. The molecule has 6 nitrogen and oxygen atoms in total. The summed E-state index contributed by atoms with van der Waals surface area (Å²) in [5, 5.41) is 5.88. The van der Waals surface area contributed by atoms with Crippen molar-refractivity contribution >= 4 is 46.4 Å². The lowest BCUT2D eigenvalue weighted by Gasteiger charge is -2.10. The molecule has 1 aromatic heterocycles. The van der Waals surface area contributed by atoms with Crippen LogP contribution in [0.15, 0.2) is 59.2 Å². The van der Waals surface area contributed by atoms with Crippen molar-refractivity contribution in [3.8, 4) is 5.75 Å². The summed E-state index contributed by atoms with van der Waals surface area (Å²) in [5.41, 5.74) is 1.26. The van der Waals surface area contributed by atoms with E-state index in [1.165, 1.54) is 25.5 Å². The van der Waals surface area contributed by atoms with Crippen LogP contribution in [-0.4, -0.2) is 18.9 Å². The Morgan fingerprint density at radius 3 is 2.11 bits per heavy atom. The van der Waals surface area contributed by atoms with Gasteiger partial charge in [-0.2, -0.15) is 0 Å². The number of furan rings is 1. The first-order valence-electron chi connectivity index (χ1n) is 7.77. The van der Waals surface area contributed by atoms with Crippen LogP contribution >= 0.6 is 23.2 Å². The number of hydrogen-bond donors (Lipinski definition) is 2. The van der Waals surface area contributed by atoms with Gasteiger partial charge in [0.25, 0.3) is 11.8 Å². The third-order valence-corrected chi connectivity index (χ3v) is 4.15. The first-order valence-corrected chi connectivity index (χ1v) is 8.53. The van der Waals surface area contributed by atoms with Crippen LogP contribution in [0.2, 0.25) is 10.0 Å². The maximum Gasteiger partial charge on any atom is 0.291 e. The molecule has 0 saturated heterocycles. The second-order valence-electron chi connectivity index (χ2n) is 5.44. The quantitative estimate of drug-likeness (QED) is 0.619. The number of ether oxygens (including phenoxy) is 1. The van der Waals surface area contributed by atoms with E-state index in [4.69, 9.17) is 32.4 Å². The highest BCUT2D eigenvalue weighted by atomic mass is 35.5. The van der Waals surface area contributed by atoms with Gasteiger partial charge in [-0.3, -0.25) is 9.59 Å². The van der Waals surface area contributed by atoms with Gasteiger partial charge < -0.3 is 19.8 Å². The number of carbonyl (C=O) groups excluding carboxylic acids is 2. The number of carbonyl (C=O) groups is 2. The Bertz CT molecular complexity index is 964. The summed E-state index contributed by atoms with van der Waals surface area (Å²) in [4.78, 5) is 24.5. The van der Waals surface area contributed by atoms with Crippen LogP contribution in [0.25, 0.3) is 0 Å². The van der Waals surface area contributed by atoms with Crippen molar-refractivity contribution in [3.63, 3.8) is 0 Å². The van der Waals surface area contributed by atoms with Crippen molar-refractivity contribution in [2.45, 2.75) is 0 Å². The lowest BCUT2D eigenvalue weighted by Crippen LogP contribution is -2.13. The van der Waals surface area contributed by atoms with Crippen LogP contribution in [0.1, 0.15) is 20.9 Å². The number of nitrogens with one attached hydrogen (secondary N) is 2. The standard InChI is InChI=1S/C19H14Cl2N2O4/c1-26-17-14(20)8-11(9-15(17)21)18(24)22-12-4-2-5-13(10-12)23-19(25)16-6-3-7-27-16/h2-10H,1H3,(H,22,24)(H,23,25). The van der Waals surface area contributed by atoms with Crippen LogP contribution in [0.5, 0.6) is 5.75 Å². The predicted octanol–water partition coefficient (Wildman–Crippen LogP) is 5.10. The predicted molar refractivity (Wildman–Crippen MR) is 104 cm³/mol. The van der Waals surface area contributed by atoms with Crippen molar-refractivity contribution in [3.05, 3.63) is 76.2 Å². The molecule has 138 valence electrons. The number of anilines is 2. The fourth-order valence-corrected chi connectivity index (χ4v) is 3.01. The van der Waals surface area contributed by atoms with Gasteiger partial charge in [-0.1, -0.05) is 29.3 Å². The van der Waals surface area contributed by atoms with Gasteiger partial charge in [0.15, 0.2) is 11.5 Å². The van der Waals surface area contributed by atoms with Gasteiger partial charge in [0.2, 0.25) is 0 Å². The maximum atomic E-state index is 12.5. The monoisotopic (exact) mass is 404 g/mol. The summed E-state index contributed by atoms with van der Waals surface area (Å²) in [6, 6.07) is 12.8. The summed E-state index contributed by atoms with van der Waals surface area (Å²) in [6.45, 7) is 0. The van der Waals surface area contributed by atoms with Gasteiger partial charge >= 0.3 is 0 Å². The van der Waals surface area contributed by atoms with E-state index in [9.17, 15) is 9.59 Å². The van der Waals surface area contributed by atoms with Crippen molar-refractivity contribution in [1.29, 1.82) is 0 Å². The molecule has 0 radical (unpaired) electrons. The minimum atomic E-state index is -0.407. The fraction of sp³-hybridized carbons (Fsp3) is 0.0526. The number of benzene rings is 2. The van der Waals surface area contributed by atoms with Crippen molar-refractivity contribution in [1.82, 2.24) is 0 Å². The molecular weight excluding hydrogens is 391 g/mol. The van der Waals surface area contributed by atoms with Gasteiger partial charge in [-0.25, -0.2) is 0 Å². The van der Waals surface area contributed by atoms with E-state index in [1.54, 1.807) is 36.4 Å². The zero-order valence-electron chi connectivity index (χ0n) is 14.1. The Balaban J connectivity index is 1.74. The molecule has 3 rings (SSSR count). The largest absolute Gasteiger partial charge is 0.494 e. The highest BCUT2D eigenvalue weighted by Crippen LogP contribution is 2.34. The third-order valence-electron chi connectivity index (χ3n) is 3.59. The molecule has 0 aliphatic heterocycles. The summed E-state index contributed by atoms with van der Waals surface area (Å²) >= 11 is 12.1. The summed E-state index contributed by atoms with van der Waals surface area (Å²) < 4.78 is 10.1. The van der Waals surface area contributed by atoms with Gasteiger partial charge in [-0.05, 0) is 42.5 Å². The first kappa shape index (κ1) is 18.8. The molecule has 0 saturated carbocycles. The van der Waals surface area contributed by atoms with Crippen molar-refractivity contribution in [2.75, 3.05) is 17.7 Å². The molecule has 2 aromatic carbocycles. The van der Waals surface area contributed by atoms with Crippen LogP contribution in [0.4, 0.5) is 11.4 Å². The van der Waals surface area contributed by atoms with Crippen LogP contribution in [-0.2, 0) is 0 Å². The highest BCUT2D eigenvalue weighted by Gasteiger charge is 2.14. The Morgan fingerprint density at radius 2 is 1.56 bits per heavy atom. The molecule has 2 N–H and O–H groups in total. The average Bonchev–Trinajstić information content (AvgIpc) is 3.16. The van der Waals surface area contributed by atoms with Crippen LogP contribution in [0.3, 0.4) is 0 Å². The van der Waals surface area contributed by atoms with Gasteiger partial charge in [-0.15, -0.1) is 0 Å². The normalized spacial score (nSPS) is 10.3. The van der Waals surface area contributed by atoms with E-state index in [0.29, 0.717) is 17.1 Å². The minimum Gasteiger partial charge on any atom is -0.494 e. The van der Waals surface area contributed by atoms with E-state index in [2.05, 4.69) is 10.6 Å². The summed E-state index contributed by atoms with van der Waals surface area (Å²) in [5.74, 6) is -0.308. The molecule has 0 bridgehead atoms. The molecule has 0 unspecified atom stereocenters. The molecule has 0 aliphatic rings. The Morgan fingerprint density at radius 1 is 0.926 bits per heavy atom. The lowest BCUT2D eigenvalue weighted by molar-refractivity contribution is 0.0995. The zero-order chi connectivity index (χ0) is 19.4. The zero-order valence-corrected chi connectivity index (χ0v) is 15.6. The number of methoxy groups -OCH3 is 1. The molecular formula is C19H14Cl2N2O4. The van der Waals surface area contributed by atoms with E-state index < -0.39 is 11.8 Å². The van der Waals surface area contributed by atoms with E-state index in [0.717, 1.165) is 0 Å². The summed E-state index contributed by atoms with van der Waals surface area (Å²) in [6.07, 6.45) is 1.41. The number of halogens is 2. The smallest absolute Gasteiger partial charge is 0.291 e. The van der Waals surface area contributed by atoms with E-state index in [1.807, 2.05) is 0 Å². The Hall–Kier alpha value is -2.96. The molecule has 27 heavy (non-hydrogen) atoms. The van der Waals surface area contributed by atoms with Gasteiger partial charge in [0, 0.05) is 16.9 Å². The second-order valence-corrected chi connectivity index (χ2v) is 6.25. The molecule has 0 spiro atoms. The maximum absolute atomic E-state index is 12.5. The third kappa shape index (κ3) is 4.42. The van der Waals surface area contributed by atoms with Crippen LogP contribution in [0, 0.1) is 0 Å². The van der Waals surface area contributed by atoms with Crippen LogP contribution < -0.4 is 15.4 Å². The number of rotatable bonds is 5. The van der Waals surface area contributed by atoms with Crippen molar-refractivity contribution < 1.29 is 18.7 Å². The van der Waals surface area contributed by atoms with E-state index in [-0.39, 0.29) is 21.4 Å². The van der Waals surface area contributed by atoms with E-state index >= 15 is 0 Å².